The second-order valence-electron chi connectivity index (χ2n) is 2.46. The van der Waals surface area contributed by atoms with Gasteiger partial charge < -0.3 is 5.11 Å². The first-order valence-electron chi connectivity index (χ1n) is 3.32. The van der Waals surface area contributed by atoms with Gasteiger partial charge in [0.1, 0.15) is 0 Å². The van der Waals surface area contributed by atoms with E-state index in [9.17, 15) is 9.18 Å². The second kappa shape index (κ2) is 3.52. The summed E-state index contributed by atoms with van der Waals surface area (Å²) in [6.45, 7) is 1.51. The van der Waals surface area contributed by atoms with E-state index in [0.29, 0.717) is 5.56 Å². The Kier molecular flexibility index (Phi) is 2.78. The zero-order valence-electron chi connectivity index (χ0n) is 6.57. The van der Waals surface area contributed by atoms with Gasteiger partial charge in [-0.3, -0.25) is 0 Å². The van der Waals surface area contributed by atoms with Crippen LogP contribution in [0.25, 0.3) is 0 Å². The molecule has 0 aromatic heterocycles. The third-order valence-corrected chi connectivity index (χ3v) is 2.46. The molecule has 1 N–H and O–H groups in total. The number of hydrogen-bond donors (Lipinski definition) is 1. The van der Waals surface area contributed by atoms with Gasteiger partial charge in [0.05, 0.1) is 10.6 Å². The molecular formula is C8H5Cl2FO2. The minimum absolute atomic E-state index is 0.142. The smallest absolute Gasteiger partial charge is 0.338 e. The Labute approximate surface area is 83.9 Å². The number of aromatic carboxylic acids is 1. The third-order valence-electron chi connectivity index (χ3n) is 1.62. The topological polar surface area (TPSA) is 37.3 Å². The van der Waals surface area contributed by atoms with E-state index in [1.54, 1.807) is 0 Å². The van der Waals surface area contributed by atoms with Gasteiger partial charge in [-0.2, -0.15) is 0 Å². The normalized spacial score (nSPS) is 10.2. The molecule has 0 spiro atoms. The average Bonchev–Trinajstić information content (AvgIpc) is 2.07. The number of hydrogen-bond acceptors (Lipinski definition) is 1. The third kappa shape index (κ3) is 1.76. The van der Waals surface area contributed by atoms with E-state index in [1.165, 1.54) is 6.92 Å². The first kappa shape index (κ1) is 10.3. The summed E-state index contributed by atoms with van der Waals surface area (Å²) in [4.78, 5) is 10.5. The molecule has 0 bridgehead atoms. The van der Waals surface area contributed by atoms with Crippen LogP contribution in [0.3, 0.4) is 0 Å². The summed E-state index contributed by atoms with van der Waals surface area (Å²) in [5.41, 5.74) is -0.175. The van der Waals surface area contributed by atoms with Crippen LogP contribution in [0.4, 0.5) is 4.39 Å². The Balaban J connectivity index is 3.50. The fourth-order valence-electron chi connectivity index (χ4n) is 0.842. The van der Waals surface area contributed by atoms with Crippen LogP contribution in [0, 0.1) is 12.7 Å². The molecule has 0 fully saturated rings. The van der Waals surface area contributed by atoms with Crippen molar-refractivity contribution >= 4 is 29.2 Å². The lowest BCUT2D eigenvalue weighted by Crippen LogP contribution is -2.02. The lowest BCUT2D eigenvalue weighted by molar-refractivity contribution is 0.0692. The first-order chi connectivity index (χ1) is 5.95. The summed E-state index contributed by atoms with van der Waals surface area (Å²) < 4.78 is 13.1. The van der Waals surface area contributed by atoms with Crippen molar-refractivity contribution in [3.8, 4) is 0 Å². The van der Waals surface area contributed by atoms with Crippen LogP contribution < -0.4 is 0 Å². The van der Waals surface area contributed by atoms with Crippen molar-refractivity contribution in [3.63, 3.8) is 0 Å². The molecule has 0 aliphatic carbocycles. The quantitative estimate of drug-likeness (QED) is 0.742. The first-order valence-corrected chi connectivity index (χ1v) is 4.08. The highest BCUT2D eigenvalue weighted by atomic mass is 35.5. The van der Waals surface area contributed by atoms with Gasteiger partial charge >= 0.3 is 5.97 Å². The highest BCUT2D eigenvalue weighted by molar-refractivity contribution is 6.36. The molecule has 0 unspecified atom stereocenters. The molecule has 1 aromatic carbocycles. The molecule has 0 atom stereocenters. The van der Waals surface area contributed by atoms with Crippen LogP contribution in [0.2, 0.25) is 10.0 Å². The second-order valence-corrected chi connectivity index (χ2v) is 3.25. The standard InChI is InChI=1S/C8H5Cl2FO2/c1-3-5(9)2-4(8(12)13)7(11)6(3)10/h2H,1H3,(H,12,13). The van der Waals surface area contributed by atoms with Gasteiger partial charge in [0.15, 0.2) is 5.82 Å². The predicted molar refractivity (Wildman–Crippen MR) is 48.1 cm³/mol. The van der Waals surface area contributed by atoms with Crippen LogP contribution in [-0.2, 0) is 0 Å². The molecule has 0 amide bonds. The maximum Gasteiger partial charge on any atom is 0.338 e. The number of carboxylic acids is 1. The molecule has 0 heterocycles. The van der Waals surface area contributed by atoms with Gasteiger partial charge in [-0.25, -0.2) is 9.18 Å². The highest BCUT2D eigenvalue weighted by Gasteiger charge is 2.17. The Morgan fingerprint density at radius 3 is 2.54 bits per heavy atom. The number of rotatable bonds is 1. The molecule has 0 saturated carbocycles. The van der Waals surface area contributed by atoms with Gasteiger partial charge in [-0.15, -0.1) is 0 Å². The molecule has 0 aliphatic heterocycles. The molecule has 70 valence electrons. The average molecular weight is 223 g/mol. The van der Waals surface area contributed by atoms with E-state index in [0.717, 1.165) is 6.07 Å². The maximum atomic E-state index is 13.1. The van der Waals surface area contributed by atoms with Gasteiger partial charge in [0.25, 0.3) is 0 Å². The van der Waals surface area contributed by atoms with Crippen molar-refractivity contribution in [2.24, 2.45) is 0 Å². The zero-order valence-corrected chi connectivity index (χ0v) is 8.08. The van der Waals surface area contributed by atoms with Crippen molar-refractivity contribution in [3.05, 3.63) is 33.1 Å². The maximum absolute atomic E-state index is 13.1. The minimum Gasteiger partial charge on any atom is -0.478 e. The summed E-state index contributed by atoms with van der Waals surface area (Å²) in [6.07, 6.45) is 0. The van der Waals surface area contributed by atoms with Gasteiger partial charge in [-0.05, 0) is 18.6 Å². The lowest BCUT2D eigenvalue weighted by atomic mass is 10.1. The van der Waals surface area contributed by atoms with Crippen LogP contribution in [0.1, 0.15) is 15.9 Å². The number of benzene rings is 1. The largest absolute Gasteiger partial charge is 0.478 e. The Bertz CT molecular complexity index is 377. The van der Waals surface area contributed by atoms with Crippen molar-refractivity contribution < 1.29 is 14.3 Å². The van der Waals surface area contributed by atoms with Crippen molar-refractivity contribution in [1.29, 1.82) is 0 Å². The molecule has 0 radical (unpaired) electrons. The monoisotopic (exact) mass is 222 g/mol. The molecule has 5 heteroatoms. The van der Waals surface area contributed by atoms with Crippen molar-refractivity contribution in [2.45, 2.75) is 6.92 Å². The summed E-state index contributed by atoms with van der Waals surface area (Å²) in [5, 5.41) is 8.45. The van der Waals surface area contributed by atoms with Crippen LogP contribution in [-0.4, -0.2) is 11.1 Å². The van der Waals surface area contributed by atoms with E-state index >= 15 is 0 Å². The minimum atomic E-state index is -1.39. The highest BCUT2D eigenvalue weighted by Crippen LogP contribution is 2.29. The van der Waals surface area contributed by atoms with Crippen LogP contribution >= 0.6 is 23.2 Å². The summed E-state index contributed by atoms with van der Waals surface area (Å²) >= 11 is 11.1. The van der Waals surface area contributed by atoms with Crippen molar-refractivity contribution in [2.75, 3.05) is 0 Å². The van der Waals surface area contributed by atoms with E-state index in [1.807, 2.05) is 0 Å². The molecule has 2 nitrogen and oxygen atoms in total. The van der Waals surface area contributed by atoms with Gasteiger partial charge in [0, 0.05) is 5.02 Å². The SMILES string of the molecule is Cc1c(Cl)cc(C(=O)O)c(F)c1Cl. The van der Waals surface area contributed by atoms with Gasteiger partial charge in [0.2, 0.25) is 0 Å². The molecule has 1 aromatic rings. The van der Waals surface area contributed by atoms with E-state index < -0.39 is 17.3 Å². The van der Waals surface area contributed by atoms with E-state index in [2.05, 4.69) is 0 Å². The Morgan fingerprint density at radius 1 is 1.54 bits per heavy atom. The summed E-state index contributed by atoms with van der Waals surface area (Å²) in [6, 6.07) is 1.04. The van der Waals surface area contributed by atoms with Gasteiger partial charge in [-0.1, -0.05) is 23.2 Å². The fraction of sp³-hybridized carbons (Fsp3) is 0.125. The fourth-order valence-corrected chi connectivity index (χ4v) is 1.30. The molecular weight excluding hydrogens is 218 g/mol. The van der Waals surface area contributed by atoms with E-state index in [4.69, 9.17) is 28.3 Å². The lowest BCUT2D eigenvalue weighted by Gasteiger charge is -2.04. The van der Waals surface area contributed by atoms with E-state index in [-0.39, 0.29) is 10.0 Å². The Morgan fingerprint density at radius 2 is 2.08 bits per heavy atom. The Hall–Kier alpha value is -0.800. The number of carbonyl (C=O) groups is 1. The summed E-state index contributed by atoms with van der Waals surface area (Å²) in [7, 11) is 0. The summed E-state index contributed by atoms with van der Waals surface area (Å²) in [5.74, 6) is -2.34. The molecule has 0 aliphatic rings. The zero-order chi connectivity index (χ0) is 10.2. The van der Waals surface area contributed by atoms with Crippen molar-refractivity contribution in [1.82, 2.24) is 0 Å². The molecule has 1 rings (SSSR count). The van der Waals surface area contributed by atoms with Crippen LogP contribution in [0.15, 0.2) is 6.07 Å². The predicted octanol–water partition coefficient (Wildman–Crippen LogP) is 3.14. The molecule has 13 heavy (non-hydrogen) atoms. The van der Waals surface area contributed by atoms with Crippen LogP contribution in [0.5, 0.6) is 0 Å². The number of carboxylic acid groups (broad SMARTS) is 1. The molecule has 0 saturated heterocycles. The number of halogens is 3.